The van der Waals surface area contributed by atoms with Gasteiger partial charge in [-0.1, -0.05) is 18.2 Å². The van der Waals surface area contributed by atoms with E-state index >= 15 is 0 Å². The molecule has 6 heteroatoms. The van der Waals surface area contributed by atoms with Crippen molar-refractivity contribution in [3.05, 3.63) is 83.4 Å². The van der Waals surface area contributed by atoms with Gasteiger partial charge in [0.25, 0.3) is 5.56 Å². The minimum absolute atomic E-state index is 0.132. The van der Waals surface area contributed by atoms with Gasteiger partial charge in [0.1, 0.15) is 11.5 Å². The van der Waals surface area contributed by atoms with Crippen LogP contribution >= 0.6 is 0 Å². The number of anilines is 1. The fraction of sp³-hybridized carbons (Fsp3) is 0.174. The molecule has 0 N–H and O–H groups in total. The summed E-state index contributed by atoms with van der Waals surface area (Å²) in [5.74, 6) is 2.19. The maximum absolute atomic E-state index is 13.0. The van der Waals surface area contributed by atoms with Gasteiger partial charge < -0.3 is 9.64 Å². The van der Waals surface area contributed by atoms with Crippen molar-refractivity contribution in [1.82, 2.24) is 14.5 Å². The number of fused-ring (bicyclic) bond motifs is 1. The lowest BCUT2D eigenvalue weighted by molar-refractivity contribution is 0.482. The van der Waals surface area contributed by atoms with Gasteiger partial charge in [0.15, 0.2) is 0 Å². The molecule has 5 rings (SSSR count). The molecule has 0 spiro atoms. The van der Waals surface area contributed by atoms with Gasteiger partial charge in [-0.3, -0.25) is 9.36 Å². The maximum atomic E-state index is 13.0. The molecule has 0 atom stereocenters. The number of para-hydroxylation sites is 1. The van der Waals surface area contributed by atoms with Crippen LogP contribution < -0.4 is 15.2 Å². The van der Waals surface area contributed by atoms with E-state index in [1.54, 1.807) is 17.0 Å². The first-order valence-corrected chi connectivity index (χ1v) is 9.75. The summed E-state index contributed by atoms with van der Waals surface area (Å²) in [7, 11) is 0. The van der Waals surface area contributed by atoms with Crippen LogP contribution in [0.25, 0.3) is 16.6 Å². The molecule has 0 saturated carbocycles. The number of hydrogen-bond acceptors (Lipinski definition) is 5. The van der Waals surface area contributed by atoms with Crippen LogP contribution in [0.1, 0.15) is 12.8 Å². The smallest absolute Gasteiger partial charge is 0.266 e. The standard InChI is InChI=1S/C23H20N4O2/c28-22-20-16-24-23(26-13-4-5-14-26)25-21(20)12-15-27(22)17-8-10-19(11-9-17)29-18-6-2-1-3-7-18/h1-3,6-12,15-16H,4-5,13-14H2. The molecule has 29 heavy (non-hydrogen) atoms. The summed E-state index contributed by atoms with van der Waals surface area (Å²) in [6, 6.07) is 18.9. The number of nitrogens with zero attached hydrogens (tertiary/aromatic N) is 4. The highest BCUT2D eigenvalue weighted by Gasteiger charge is 2.16. The van der Waals surface area contributed by atoms with E-state index in [2.05, 4.69) is 14.9 Å². The largest absolute Gasteiger partial charge is 0.457 e. The van der Waals surface area contributed by atoms with Gasteiger partial charge in [-0.15, -0.1) is 0 Å². The number of rotatable bonds is 4. The SMILES string of the molecule is O=c1c2cnc(N3CCCC3)nc2ccn1-c1ccc(Oc2ccccc2)cc1. The third-order valence-corrected chi connectivity index (χ3v) is 5.12. The molecular formula is C23H20N4O2. The summed E-state index contributed by atoms with van der Waals surface area (Å²) in [5, 5.41) is 0.514. The Bertz CT molecular complexity index is 1200. The zero-order chi connectivity index (χ0) is 19.6. The molecule has 0 amide bonds. The highest BCUT2D eigenvalue weighted by molar-refractivity contribution is 5.78. The monoisotopic (exact) mass is 384 g/mol. The number of ether oxygens (including phenoxy) is 1. The van der Waals surface area contributed by atoms with Crippen molar-refractivity contribution in [2.45, 2.75) is 12.8 Å². The molecule has 1 fully saturated rings. The summed E-state index contributed by atoms with van der Waals surface area (Å²) in [6.45, 7) is 1.94. The zero-order valence-electron chi connectivity index (χ0n) is 15.9. The van der Waals surface area contributed by atoms with Gasteiger partial charge in [0.2, 0.25) is 5.95 Å². The Balaban J connectivity index is 1.44. The Labute approximate surface area is 168 Å². The van der Waals surface area contributed by atoms with E-state index in [0.29, 0.717) is 22.6 Å². The first kappa shape index (κ1) is 17.4. The normalized spacial score (nSPS) is 13.7. The Hall–Kier alpha value is -3.67. The van der Waals surface area contributed by atoms with Gasteiger partial charge >= 0.3 is 0 Å². The van der Waals surface area contributed by atoms with Crippen LogP contribution in [0.15, 0.2) is 77.9 Å². The molecule has 1 aliphatic heterocycles. The maximum Gasteiger partial charge on any atom is 0.266 e. The van der Waals surface area contributed by atoms with E-state index < -0.39 is 0 Å². The third kappa shape index (κ3) is 3.45. The number of hydrogen-bond donors (Lipinski definition) is 0. The number of benzene rings is 2. The van der Waals surface area contributed by atoms with Crippen LogP contribution in [0, 0.1) is 0 Å². The van der Waals surface area contributed by atoms with E-state index in [4.69, 9.17) is 4.74 Å². The molecule has 0 radical (unpaired) electrons. The number of aromatic nitrogens is 3. The van der Waals surface area contributed by atoms with Crippen LogP contribution in [0.3, 0.4) is 0 Å². The molecule has 0 unspecified atom stereocenters. The first-order chi connectivity index (χ1) is 14.3. The molecule has 0 bridgehead atoms. The van der Waals surface area contributed by atoms with Crippen LogP contribution in [0.4, 0.5) is 5.95 Å². The lowest BCUT2D eigenvalue weighted by Gasteiger charge is -2.15. The Morgan fingerprint density at radius 3 is 2.34 bits per heavy atom. The van der Waals surface area contributed by atoms with Gasteiger partial charge in [0.05, 0.1) is 10.9 Å². The highest BCUT2D eigenvalue weighted by Crippen LogP contribution is 2.22. The predicted molar refractivity (Wildman–Crippen MR) is 113 cm³/mol. The van der Waals surface area contributed by atoms with Crippen molar-refractivity contribution in [3.63, 3.8) is 0 Å². The summed E-state index contributed by atoms with van der Waals surface area (Å²) < 4.78 is 7.42. The van der Waals surface area contributed by atoms with E-state index in [1.807, 2.05) is 60.7 Å². The second-order valence-electron chi connectivity index (χ2n) is 7.06. The summed E-state index contributed by atoms with van der Waals surface area (Å²) in [5.41, 5.74) is 1.31. The Morgan fingerprint density at radius 2 is 1.59 bits per heavy atom. The first-order valence-electron chi connectivity index (χ1n) is 9.75. The molecule has 4 aromatic rings. The van der Waals surface area contributed by atoms with Crippen molar-refractivity contribution >= 4 is 16.9 Å². The molecule has 0 aliphatic carbocycles. The van der Waals surface area contributed by atoms with Gasteiger partial charge in [-0.05, 0) is 55.3 Å². The second kappa shape index (κ2) is 7.39. The Morgan fingerprint density at radius 1 is 0.862 bits per heavy atom. The third-order valence-electron chi connectivity index (χ3n) is 5.12. The lowest BCUT2D eigenvalue weighted by Crippen LogP contribution is -2.22. The Kier molecular flexibility index (Phi) is 4.44. The summed E-state index contributed by atoms with van der Waals surface area (Å²) >= 11 is 0. The molecule has 1 saturated heterocycles. The molecule has 2 aromatic heterocycles. The molecule has 6 nitrogen and oxygen atoms in total. The average Bonchev–Trinajstić information content (AvgIpc) is 3.30. The topological polar surface area (TPSA) is 60.2 Å². The summed E-state index contributed by atoms with van der Waals surface area (Å²) in [6.07, 6.45) is 5.72. The van der Waals surface area contributed by atoms with Gasteiger partial charge in [0, 0.05) is 31.2 Å². The lowest BCUT2D eigenvalue weighted by atomic mass is 10.2. The van der Waals surface area contributed by atoms with E-state index in [-0.39, 0.29) is 5.56 Å². The van der Waals surface area contributed by atoms with Crippen molar-refractivity contribution in [1.29, 1.82) is 0 Å². The van der Waals surface area contributed by atoms with Crippen molar-refractivity contribution in [2.24, 2.45) is 0 Å². The van der Waals surface area contributed by atoms with E-state index in [1.165, 1.54) is 0 Å². The van der Waals surface area contributed by atoms with E-state index in [0.717, 1.165) is 37.4 Å². The fourth-order valence-corrected chi connectivity index (χ4v) is 3.59. The van der Waals surface area contributed by atoms with Crippen LogP contribution in [0.5, 0.6) is 11.5 Å². The predicted octanol–water partition coefficient (Wildman–Crippen LogP) is 4.17. The van der Waals surface area contributed by atoms with Crippen LogP contribution in [0.2, 0.25) is 0 Å². The van der Waals surface area contributed by atoms with Crippen molar-refractivity contribution in [3.8, 4) is 17.2 Å². The zero-order valence-corrected chi connectivity index (χ0v) is 15.9. The number of pyridine rings is 1. The molecule has 3 heterocycles. The van der Waals surface area contributed by atoms with Crippen molar-refractivity contribution < 1.29 is 4.74 Å². The van der Waals surface area contributed by atoms with E-state index in [9.17, 15) is 4.79 Å². The minimum atomic E-state index is -0.132. The quantitative estimate of drug-likeness (QED) is 0.528. The minimum Gasteiger partial charge on any atom is -0.457 e. The molecule has 144 valence electrons. The van der Waals surface area contributed by atoms with Crippen LogP contribution in [-0.4, -0.2) is 27.6 Å². The molecule has 1 aliphatic rings. The molecular weight excluding hydrogens is 364 g/mol. The second-order valence-corrected chi connectivity index (χ2v) is 7.06. The average molecular weight is 384 g/mol. The van der Waals surface area contributed by atoms with Crippen LogP contribution in [-0.2, 0) is 0 Å². The van der Waals surface area contributed by atoms with Gasteiger partial charge in [-0.2, -0.15) is 0 Å². The van der Waals surface area contributed by atoms with Gasteiger partial charge in [-0.25, -0.2) is 9.97 Å². The van der Waals surface area contributed by atoms with Crippen molar-refractivity contribution in [2.75, 3.05) is 18.0 Å². The molecule has 2 aromatic carbocycles. The summed E-state index contributed by atoms with van der Waals surface area (Å²) in [4.78, 5) is 24.2. The highest BCUT2D eigenvalue weighted by atomic mass is 16.5. The fourth-order valence-electron chi connectivity index (χ4n) is 3.59.